The summed E-state index contributed by atoms with van der Waals surface area (Å²) in [5.74, 6) is -1.08. The number of benzene rings is 1. The fraction of sp³-hybridized carbons (Fsp3) is 0.529. The number of carbonyl (C=O) groups is 2. The fourth-order valence-electron chi connectivity index (χ4n) is 1.91. The number of nitrogens with one attached hydrogen (secondary N) is 1. The Morgan fingerprint density at radius 3 is 2.19 bits per heavy atom. The smallest absolute Gasteiger partial charge is 0.313 e. The van der Waals surface area contributed by atoms with Crippen LogP contribution in [0.25, 0.3) is 0 Å². The molecule has 116 valence electrons. The highest BCUT2D eigenvalue weighted by molar-refractivity contribution is 6.39. The van der Waals surface area contributed by atoms with Gasteiger partial charge < -0.3 is 10.2 Å². The molecule has 0 spiro atoms. The maximum Gasteiger partial charge on any atom is 0.313 e. The van der Waals surface area contributed by atoms with Crippen LogP contribution in [0.1, 0.15) is 46.1 Å². The minimum absolute atomic E-state index is 0.0682. The average Bonchev–Trinajstić information content (AvgIpc) is 2.43. The number of amides is 2. The molecule has 0 fully saturated rings. The molecule has 0 bridgehead atoms. The van der Waals surface area contributed by atoms with Gasteiger partial charge in [-0.25, -0.2) is 0 Å². The first-order valence-electron chi connectivity index (χ1n) is 7.42. The Bertz CT molecular complexity index is 487. The summed E-state index contributed by atoms with van der Waals surface area (Å²) in [4.78, 5) is 25.3. The fourth-order valence-corrected chi connectivity index (χ4v) is 1.91. The molecule has 1 aromatic rings. The van der Waals surface area contributed by atoms with Gasteiger partial charge in [0.1, 0.15) is 0 Å². The van der Waals surface area contributed by atoms with Crippen molar-refractivity contribution in [1.82, 2.24) is 4.90 Å². The van der Waals surface area contributed by atoms with E-state index in [1.165, 1.54) is 10.5 Å². The molecule has 1 aromatic carbocycles. The van der Waals surface area contributed by atoms with Crippen LogP contribution in [-0.4, -0.2) is 30.3 Å². The Hall–Kier alpha value is -1.84. The molecule has 0 radical (unpaired) electrons. The van der Waals surface area contributed by atoms with Gasteiger partial charge in [0.15, 0.2) is 0 Å². The largest absolute Gasteiger partial charge is 0.338 e. The first-order chi connectivity index (χ1) is 9.75. The zero-order valence-electron chi connectivity index (χ0n) is 13.7. The van der Waals surface area contributed by atoms with E-state index in [2.05, 4.69) is 33.0 Å². The van der Waals surface area contributed by atoms with Crippen molar-refractivity contribution >= 4 is 17.5 Å². The predicted octanol–water partition coefficient (Wildman–Crippen LogP) is 3.18. The summed E-state index contributed by atoms with van der Waals surface area (Å²) >= 11 is 0. The third kappa shape index (κ3) is 5.21. The predicted molar refractivity (Wildman–Crippen MR) is 86.3 cm³/mol. The van der Waals surface area contributed by atoms with Gasteiger partial charge in [-0.15, -0.1) is 0 Å². The number of anilines is 1. The minimum atomic E-state index is -0.586. The molecule has 0 aliphatic carbocycles. The highest BCUT2D eigenvalue weighted by atomic mass is 16.2. The van der Waals surface area contributed by atoms with Crippen LogP contribution >= 0.6 is 0 Å². The topological polar surface area (TPSA) is 49.4 Å². The Balaban J connectivity index is 2.64. The number of carbonyl (C=O) groups excluding carboxylic acids is 2. The average molecular weight is 290 g/mol. The molecule has 0 aliphatic heterocycles. The highest BCUT2D eigenvalue weighted by Crippen LogP contribution is 2.23. The van der Waals surface area contributed by atoms with Crippen LogP contribution in [0.5, 0.6) is 0 Å². The van der Waals surface area contributed by atoms with Gasteiger partial charge in [0.05, 0.1) is 0 Å². The number of unbranched alkanes of at least 4 members (excludes halogenated alkanes) is 1. The Morgan fingerprint density at radius 1 is 1.14 bits per heavy atom. The van der Waals surface area contributed by atoms with Crippen molar-refractivity contribution in [3.8, 4) is 0 Å². The van der Waals surface area contributed by atoms with Crippen molar-refractivity contribution in [2.45, 2.75) is 46.0 Å². The van der Waals surface area contributed by atoms with E-state index in [1.54, 1.807) is 7.05 Å². The lowest BCUT2D eigenvalue weighted by molar-refractivity contribution is -0.142. The highest BCUT2D eigenvalue weighted by Gasteiger charge is 2.18. The second-order valence-corrected chi connectivity index (χ2v) is 6.36. The van der Waals surface area contributed by atoms with Crippen molar-refractivity contribution in [1.29, 1.82) is 0 Å². The Morgan fingerprint density at radius 2 is 1.71 bits per heavy atom. The maximum atomic E-state index is 11.9. The molecule has 0 aromatic heterocycles. The molecular formula is C17H26N2O2. The van der Waals surface area contributed by atoms with Crippen molar-refractivity contribution in [2.75, 3.05) is 18.9 Å². The standard InChI is InChI=1S/C17H26N2O2/c1-6-7-12-19(5)16(21)15(20)18-14-10-8-13(9-11-14)17(2,3)4/h8-11H,6-7,12H2,1-5H3,(H,18,20). The van der Waals surface area contributed by atoms with Gasteiger partial charge >= 0.3 is 11.8 Å². The van der Waals surface area contributed by atoms with Gasteiger partial charge in [-0.3, -0.25) is 9.59 Å². The number of likely N-dealkylation sites (N-methyl/N-ethyl adjacent to an activating group) is 1. The molecule has 2 amide bonds. The van der Waals surface area contributed by atoms with Crippen molar-refractivity contribution < 1.29 is 9.59 Å². The number of hydrogen-bond donors (Lipinski definition) is 1. The van der Waals surface area contributed by atoms with Crippen LogP contribution < -0.4 is 5.32 Å². The molecular weight excluding hydrogens is 264 g/mol. The first kappa shape index (κ1) is 17.2. The Kier molecular flexibility index (Phi) is 5.94. The maximum absolute atomic E-state index is 11.9. The second kappa shape index (κ2) is 7.25. The summed E-state index contributed by atoms with van der Waals surface area (Å²) in [6, 6.07) is 7.61. The monoisotopic (exact) mass is 290 g/mol. The Labute approximate surface area is 127 Å². The lowest BCUT2D eigenvalue weighted by Crippen LogP contribution is -2.37. The van der Waals surface area contributed by atoms with Crippen LogP contribution in [0.15, 0.2) is 24.3 Å². The number of rotatable bonds is 4. The van der Waals surface area contributed by atoms with E-state index in [0.717, 1.165) is 12.8 Å². The molecule has 1 rings (SSSR count). The van der Waals surface area contributed by atoms with Gasteiger partial charge in [0, 0.05) is 19.3 Å². The lowest BCUT2D eigenvalue weighted by atomic mass is 9.87. The summed E-state index contributed by atoms with van der Waals surface area (Å²) in [6.07, 6.45) is 1.89. The van der Waals surface area contributed by atoms with Gasteiger partial charge in [0.2, 0.25) is 0 Å². The van der Waals surface area contributed by atoms with Crippen molar-refractivity contribution in [3.05, 3.63) is 29.8 Å². The molecule has 0 atom stereocenters. The summed E-state index contributed by atoms with van der Waals surface area (Å²) in [7, 11) is 1.65. The van der Waals surface area contributed by atoms with Crippen LogP contribution in [-0.2, 0) is 15.0 Å². The van der Waals surface area contributed by atoms with Crippen molar-refractivity contribution in [3.63, 3.8) is 0 Å². The van der Waals surface area contributed by atoms with Gasteiger partial charge in [0.25, 0.3) is 0 Å². The third-order valence-electron chi connectivity index (χ3n) is 3.40. The molecule has 0 aliphatic rings. The van der Waals surface area contributed by atoms with Crippen molar-refractivity contribution in [2.24, 2.45) is 0 Å². The van der Waals surface area contributed by atoms with Crippen LogP contribution in [0.3, 0.4) is 0 Å². The molecule has 0 saturated carbocycles. The molecule has 0 saturated heterocycles. The first-order valence-corrected chi connectivity index (χ1v) is 7.42. The summed E-state index contributed by atoms with van der Waals surface area (Å²) in [5.41, 5.74) is 1.90. The zero-order chi connectivity index (χ0) is 16.0. The molecule has 4 heteroatoms. The molecule has 0 heterocycles. The lowest BCUT2D eigenvalue weighted by Gasteiger charge is -2.19. The SMILES string of the molecule is CCCCN(C)C(=O)C(=O)Nc1ccc(C(C)(C)C)cc1. The summed E-state index contributed by atoms with van der Waals surface area (Å²) in [6.45, 7) is 9.05. The number of nitrogens with zero attached hydrogens (tertiary/aromatic N) is 1. The van der Waals surface area contributed by atoms with E-state index in [0.29, 0.717) is 12.2 Å². The molecule has 21 heavy (non-hydrogen) atoms. The molecule has 0 unspecified atom stereocenters. The minimum Gasteiger partial charge on any atom is -0.338 e. The van der Waals surface area contributed by atoms with Gasteiger partial charge in [-0.1, -0.05) is 46.2 Å². The van der Waals surface area contributed by atoms with E-state index in [1.807, 2.05) is 24.3 Å². The molecule has 4 nitrogen and oxygen atoms in total. The third-order valence-corrected chi connectivity index (χ3v) is 3.40. The summed E-state index contributed by atoms with van der Waals surface area (Å²) < 4.78 is 0. The van der Waals surface area contributed by atoms with E-state index in [-0.39, 0.29) is 5.41 Å². The van der Waals surface area contributed by atoms with E-state index in [9.17, 15) is 9.59 Å². The van der Waals surface area contributed by atoms with E-state index >= 15 is 0 Å². The van der Waals surface area contributed by atoms with Crippen LogP contribution in [0, 0.1) is 0 Å². The molecule has 1 N–H and O–H groups in total. The summed E-state index contributed by atoms with van der Waals surface area (Å²) in [5, 5.41) is 2.65. The van der Waals surface area contributed by atoms with Gasteiger partial charge in [-0.05, 0) is 29.5 Å². The van der Waals surface area contributed by atoms with E-state index < -0.39 is 11.8 Å². The second-order valence-electron chi connectivity index (χ2n) is 6.36. The normalized spacial score (nSPS) is 11.1. The van der Waals surface area contributed by atoms with E-state index in [4.69, 9.17) is 0 Å². The zero-order valence-corrected chi connectivity index (χ0v) is 13.7. The quantitative estimate of drug-likeness (QED) is 0.866. The van der Waals surface area contributed by atoms with Gasteiger partial charge in [-0.2, -0.15) is 0 Å². The van der Waals surface area contributed by atoms with Crippen LogP contribution in [0.2, 0.25) is 0 Å². The van der Waals surface area contributed by atoms with Crippen LogP contribution in [0.4, 0.5) is 5.69 Å². The number of hydrogen-bond acceptors (Lipinski definition) is 2.